The van der Waals surface area contributed by atoms with Gasteiger partial charge in [0, 0.05) is 0 Å². The van der Waals surface area contributed by atoms with E-state index in [1.54, 1.807) is 0 Å². The van der Waals surface area contributed by atoms with Gasteiger partial charge in [-0.15, -0.1) is 0 Å². The Bertz CT molecular complexity index is 616. The second-order valence-corrected chi connectivity index (χ2v) is 7.27. The molecule has 0 radical (unpaired) electrons. The van der Waals surface area contributed by atoms with E-state index in [4.69, 9.17) is 12.2 Å². The van der Waals surface area contributed by atoms with Gasteiger partial charge in [-0.2, -0.15) is 0 Å². The molecule has 4 heteroatoms. The lowest BCUT2D eigenvalue weighted by atomic mass is 9.89. The summed E-state index contributed by atoms with van der Waals surface area (Å²) in [6.07, 6.45) is 1.76. The third kappa shape index (κ3) is 3.76. The number of nitrogens with one attached hydrogen (secondary N) is 1. The number of hydrogen-bond donors (Lipinski definition) is 1. The zero-order chi connectivity index (χ0) is 15.4. The molecule has 2 aromatic rings. The number of hydrogen-bond acceptors (Lipinski definition) is 3. The summed E-state index contributed by atoms with van der Waals surface area (Å²) in [5.41, 5.74) is 2.52. The first kappa shape index (κ1) is 15.3. The van der Waals surface area contributed by atoms with Crippen molar-refractivity contribution in [3.8, 4) is 0 Å². The van der Waals surface area contributed by atoms with E-state index in [1.165, 1.54) is 22.9 Å². The lowest BCUT2D eigenvalue weighted by molar-refractivity contribution is -0.119. The minimum absolute atomic E-state index is 0.0480. The monoisotopic (exact) mass is 327 g/mol. The summed E-state index contributed by atoms with van der Waals surface area (Å²) < 4.78 is 0.598. The quantitative estimate of drug-likeness (QED) is 0.851. The van der Waals surface area contributed by atoms with Crippen LogP contribution in [0.15, 0.2) is 60.7 Å². The molecule has 0 bridgehead atoms. The molecular formula is C18H17NOS2. The Hall–Kier alpha value is -1.65. The molecule has 112 valence electrons. The van der Waals surface area contributed by atoms with E-state index in [2.05, 4.69) is 29.6 Å². The molecule has 0 aliphatic carbocycles. The average Bonchev–Trinajstić information content (AvgIpc) is 2.87. The lowest BCUT2D eigenvalue weighted by Gasteiger charge is -2.21. The molecule has 1 aliphatic heterocycles. The van der Waals surface area contributed by atoms with Crippen LogP contribution in [-0.2, 0) is 17.6 Å². The van der Waals surface area contributed by atoms with Gasteiger partial charge in [0.15, 0.2) is 0 Å². The van der Waals surface area contributed by atoms with Crippen LogP contribution in [0.1, 0.15) is 11.1 Å². The predicted octanol–water partition coefficient (Wildman–Crippen LogP) is 3.60. The topological polar surface area (TPSA) is 29.1 Å². The molecule has 1 atom stereocenters. The zero-order valence-electron chi connectivity index (χ0n) is 12.1. The van der Waals surface area contributed by atoms with Gasteiger partial charge < -0.3 is 5.32 Å². The average molecular weight is 327 g/mol. The van der Waals surface area contributed by atoms with Gasteiger partial charge in [0.05, 0.1) is 5.25 Å². The Balaban J connectivity index is 1.82. The highest BCUT2D eigenvalue weighted by Gasteiger charge is 2.35. The van der Waals surface area contributed by atoms with Gasteiger partial charge in [0.2, 0.25) is 5.91 Å². The van der Waals surface area contributed by atoms with Crippen molar-refractivity contribution < 1.29 is 4.79 Å². The summed E-state index contributed by atoms with van der Waals surface area (Å²) in [7, 11) is 0. The molecule has 0 spiro atoms. The van der Waals surface area contributed by atoms with Crippen molar-refractivity contribution in [2.45, 2.75) is 18.1 Å². The summed E-state index contributed by atoms with van der Waals surface area (Å²) in [4.78, 5) is 12.2. The lowest BCUT2D eigenvalue weighted by Crippen LogP contribution is -2.31. The Labute approximate surface area is 140 Å². The molecule has 1 fully saturated rings. The van der Waals surface area contributed by atoms with Crippen molar-refractivity contribution in [2.75, 3.05) is 0 Å². The highest BCUT2D eigenvalue weighted by Crippen LogP contribution is 2.31. The van der Waals surface area contributed by atoms with Crippen LogP contribution in [0.5, 0.6) is 0 Å². The highest BCUT2D eigenvalue weighted by atomic mass is 32.2. The second-order valence-electron chi connectivity index (χ2n) is 5.45. The van der Waals surface area contributed by atoms with Gasteiger partial charge in [0.1, 0.15) is 4.32 Å². The molecule has 2 nitrogen and oxygen atoms in total. The van der Waals surface area contributed by atoms with Crippen molar-refractivity contribution in [1.29, 1.82) is 0 Å². The number of carbonyl (C=O) groups is 1. The number of thiocarbonyl (C=S) groups is 1. The van der Waals surface area contributed by atoms with E-state index >= 15 is 0 Å². The van der Waals surface area contributed by atoms with Gasteiger partial charge in [0.25, 0.3) is 0 Å². The van der Waals surface area contributed by atoms with Gasteiger partial charge >= 0.3 is 0 Å². The predicted molar refractivity (Wildman–Crippen MR) is 95.9 cm³/mol. The number of thioether (sulfide) groups is 1. The SMILES string of the molecule is O=C1NC(=S)SC1C(Cc1ccccc1)Cc1ccccc1. The van der Waals surface area contributed by atoms with Crippen LogP contribution in [0, 0.1) is 5.92 Å². The highest BCUT2D eigenvalue weighted by molar-refractivity contribution is 8.24. The van der Waals surface area contributed by atoms with E-state index < -0.39 is 0 Å². The van der Waals surface area contributed by atoms with Crippen LogP contribution < -0.4 is 5.32 Å². The fraction of sp³-hybridized carbons (Fsp3) is 0.222. The Morgan fingerprint density at radius 2 is 1.45 bits per heavy atom. The first-order valence-corrected chi connectivity index (χ1v) is 8.60. The van der Waals surface area contributed by atoms with Crippen molar-refractivity contribution in [3.63, 3.8) is 0 Å². The van der Waals surface area contributed by atoms with E-state index in [-0.39, 0.29) is 17.1 Å². The van der Waals surface area contributed by atoms with Gasteiger partial charge in [-0.1, -0.05) is 84.6 Å². The minimum Gasteiger partial charge on any atom is -0.311 e. The van der Waals surface area contributed by atoms with E-state index in [1.807, 2.05) is 36.4 Å². The largest absolute Gasteiger partial charge is 0.311 e. The third-order valence-corrected chi connectivity index (χ3v) is 5.39. The third-order valence-electron chi connectivity index (χ3n) is 3.83. The van der Waals surface area contributed by atoms with Crippen molar-refractivity contribution in [1.82, 2.24) is 5.32 Å². The van der Waals surface area contributed by atoms with Crippen molar-refractivity contribution in [3.05, 3.63) is 71.8 Å². The van der Waals surface area contributed by atoms with E-state index in [0.29, 0.717) is 4.32 Å². The van der Waals surface area contributed by atoms with Crippen LogP contribution >= 0.6 is 24.0 Å². The second kappa shape index (κ2) is 7.07. The number of carbonyl (C=O) groups excluding carboxylic acids is 1. The normalized spacial score (nSPS) is 17.8. The maximum Gasteiger partial charge on any atom is 0.239 e. The zero-order valence-corrected chi connectivity index (χ0v) is 13.7. The number of rotatable bonds is 5. The maximum atomic E-state index is 12.2. The Morgan fingerprint density at radius 1 is 0.955 bits per heavy atom. The smallest absolute Gasteiger partial charge is 0.239 e. The number of benzene rings is 2. The molecular weight excluding hydrogens is 310 g/mol. The molecule has 0 aromatic heterocycles. The van der Waals surface area contributed by atoms with E-state index in [0.717, 1.165) is 12.8 Å². The molecule has 1 N–H and O–H groups in total. The summed E-state index contributed by atoms with van der Waals surface area (Å²) in [5.74, 6) is 0.280. The summed E-state index contributed by atoms with van der Waals surface area (Å²) in [6.45, 7) is 0. The van der Waals surface area contributed by atoms with Gasteiger partial charge in [-0.25, -0.2) is 0 Å². The molecule has 0 saturated carbocycles. The molecule has 1 saturated heterocycles. The molecule has 22 heavy (non-hydrogen) atoms. The fourth-order valence-electron chi connectivity index (χ4n) is 2.80. The van der Waals surface area contributed by atoms with E-state index in [9.17, 15) is 4.79 Å². The number of amides is 1. The molecule has 2 aromatic carbocycles. The molecule has 1 aliphatic rings. The summed E-state index contributed by atoms with van der Waals surface area (Å²) in [6, 6.07) is 20.7. The first-order valence-electron chi connectivity index (χ1n) is 7.32. The molecule has 1 amide bonds. The van der Waals surface area contributed by atoms with Crippen LogP contribution in [-0.4, -0.2) is 15.5 Å². The van der Waals surface area contributed by atoms with Crippen LogP contribution in [0.2, 0.25) is 0 Å². The maximum absolute atomic E-state index is 12.2. The molecule has 3 rings (SSSR count). The Kier molecular flexibility index (Phi) is 4.90. The fourth-order valence-corrected chi connectivity index (χ4v) is 4.15. The summed E-state index contributed by atoms with van der Waals surface area (Å²) in [5, 5.41) is 2.67. The summed E-state index contributed by atoms with van der Waals surface area (Å²) >= 11 is 6.64. The van der Waals surface area contributed by atoms with Crippen LogP contribution in [0.3, 0.4) is 0 Å². The van der Waals surface area contributed by atoms with Crippen LogP contribution in [0.25, 0.3) is 0 Å². The van der Waals surface area contributed by atoms with Crippen molar-refractivity contribution >= 4 is 34.2 Å². The standard InChI is InChI=1S/C18H17NOS2/c20-17-16(22-18(21)19-17)15(11-13-7-3-1-4-8-13)12-14-9-5-2-6-10-14/h1-10,15-16H,11-12H2,(H,19,20,21). The molecule has 1 unspecified atom stereocenters. The van der Waals surface area contributed by atoms with Crippen molar-refractivity contribution in [2.24, 2.45) is 5.92 Å². The van der Waals surface area contributed by atoms with Gasteiger partial charge in [-0.05, 0) is 29.9 Å². The molecule has 1 heterocycles. The minimum atomic E-state index is -0.104. The van der Waals surface area contributed by atoms with Gasteiger partial charge in [-0.3, -0.25) is 4.79 Å². The Morgan fingerprint density at radius 3 is 1.86 bits per heavy atom. The first-order chi connectivity index (χ1) is 10.7. The van der Waals surface area contributed by atoms with Crippen LogP contribution in [0.4, 0.5) is 0 Å².